The Morgan fingerprint density at radius 1 is 1.23 bits per heavy atom. The van der Waals surface area contributed by atoms with Crippen molar-refractivity contribution in [3.63, 3.8) is 0 Å². The standard InChI is InChI=1S/C19H15BrN4OS/c1-26-19-22-18(25)17-14-11-13(20)8-9-15(14)21-16(24(17)23-19)10-7-12-5-3-2-4-6-12/h2-11,16H,1H3,(H,22,23,25)/b10-7+. The Morgan fingerprint density at radius 2 is 2.04 bits per heavy atom. The molecule has 26 heavy (non-hydrogen) atoms. The van der Waals surface area contributed by atoms with E-state index < -0.39 is 0 Å². The fourth-order valence-corrected chi connectivity index (χ4v) is 3.58. The summed E-state index contributed by atoms with van der Waals surface area (Å²) in [4.78, 5) is 17.5. The normalized spacial score (nSPS) is 18.8. The van der Waals surface area contributed by atoms with Crippen molar-refractivity contribution in [3.8, 4) is 0 Å². The minimum atomic E-state index is -0.382. The first-order valence-electron chi connectivity index (χ1n) is 8.00. The van der Waals surface area contributed by atoms with E-state index in [2.05, 4.69) is 26.3 Å². The summed E-state index contributed by atoms with van der Waals surface area (Å²) in [7, 11) is 0. The molecule has 2 aromatic rings. The molecule has 0 saturated heterocycles. The minimum absolute atomic E-state index is 0.170. The van der Waals surface area contributed by atoms with Crippen LogP contribution < -0.4 is 15.9 Å². The van der Waals surface area contributed by atoms with Gasteiger partial charge in [0.15, 0.2) is 11.3 Å². The lowest BCUT2D eigenvalue weighted by Gasteiger charge is -2.32. The van der Waals surface area contributed by atoms with Crippen LogP contribution in [0.2, 0.25) is 0 Å². The van der Waals surface area contributed by atoms with Crippen LogP contribution in [0.15, 0.2) is 69.2 Å². The van der Waals surface area contributed by atoms with E-state index in [0.29, 0.717) is 10.9 Å². The fraction of sp³-hybridized carbons (Fsp3) is 0.105. The molecule has 7 heteroatoms. The van der Waals surface area contributed by atoms with Crippen molar-refractivity contribution < 1.29 is 4.79 Å². The smallest absolute Gasteiger partial charge is 0.276 e. The molecule has 2 aromatic carbocycles. The highest BCUT2D eigenvalue weighted by Crippen LogP contribution is 2.21. The summed E-state index contributed by atoms with van der Waals surface area (Å²) in [6, 6.07) is 15.7. The number of nitrogens with zero attached hydrogens (tertiary/aromatic N) is 3. The number of carbonyl (C=O) groups excluding carboxylic acids is 1. The van der Waals surface area contributed by atoms with Crippen LogP contribution in [-0.2, 0) is 4.79 Å². The number of hydrazone groups is 1. The zero-order chi connectivity index (χ0) is 18.1. The Hall–Kier alpha value is -2.38. The van der Waals surface area contributed by atoms with Crippen LogP contribution in [0.1, 0.15) is 5.56 Å². The molecule has 1 unspecified atom stereocenters. The number of nitrogens with one attached hydrogen (secondary N) is 1. The van der Waals surface area contributed by atoms with Crippen LogP contribution in [0.4, 0.5) is 0 Å². The van der Waals surface area contributed by atoms with Gasteiger partial charge in [0.1, 0.15) is 5.70 Å². The molecule has 0 aliphatic carbocycles. The first-order chi connectivity index (χ1) is 12.7. The Bertz CT molecular complexity index is 1050. The summed E-state index contributed by atoms with van der Waals surface area (Å²) in [6.07, 6.45) is 5.45. The third kappa shape index (κ3) is 3.20. The largest absolute Gasteiger partial charge is 0.298 e. The van der Waals surface area contributed by atoms with E-state index in [9.17, 15) is 4.79 Å². The summed E-state index contributed by atoms with van der Waals surface area (Å²) in [5, 5.41) is 11.2. The Morgan fingerprint density at radius 3 is 2.81 bits per heavy atom. The monoisotopic (exact) mass is 426 g/mol. The summed E-state index contributed by atoms with van der Waals surface area (Å²) < 4.78 is 0.893. The maximum absolute atomic E-state index is 12.7. The predicted octanol–water partition coefficient (Wildman–Crippen LogP) is 2.30. The van der Waals surface area contributed by atoms with Gasteiger partial charge >= 0.3 is 0 Å². The second kappa shape index (κ2) is 7.09. The van der Waals surface area contributed by atoms with Gasteiger partial charge in [0.2, 0.25) is 0 Å². The van der Waals surface area contributed by atoms with Gasteiger partial charge in [-0.05, 0) is 36.1 Å². The van der Waals surface area contributed by atoms with Gasteiger partial charge in [-0.1, -0.05) is 64.1 Å². The van der Waals surface area contributed by atoms with Crippen molar-refractivity contribution >= 4 is 50.5 Å². The second-order valence-corrected chi connectivity index (χ2v) is 7.44. The van der Waals surface area contributed by atoms with Crippen LogP contribution in [0.3, 0.4) is 0 Å². The first kappa shape index (κ1) is 17.1. The van der Waals surface area contributed by atoms with Crippen LogP contribution in [0.25, 0.3) is 11.8 Å². The van der Waals surface area contributed by atoms with Gasteiger partial charge in [0, 0.05) is 9.69 Å². The molecule has 0 radical (unpaired) electrons. The Balaban J connectivity index is 1.86. The lowest BCUT2D eigenvalue weighted by Crippen LogP contribution is -2.52. The quantitative estimate of drug-likeness (QED) is 0.801. The molecule has 2 aliphatic heterocycles. The maximum atomic E-state index is 12.7. The number of amides is 1. The molecule has 0 aromatic heterocycles. The number of benzene rings is 2. The first-order valence-corrected chi connectivity index (χ1v) is 10.0. The van der Waals surface area contributed by atoms with Gasteiger partial charge in [-0.15, -0.1) is 5.10 Å². The van der Waals surface area contributed by atoms with Crippen molar-refractivity contribution in [2.24, 2.45) is 10.1 Å². The van der Waals surface area contributed by atoms with E-state index in [1.807, 2.05) is 66.9 Å². The summed E-state index contributed by atoms with van der Waals surface area (Å²) >= 11 is 4.86. The third-order valence-corrected chi connectivity index (χ3v) is 5.12. The Labute approximate surface area is 163 Å². The highest BCUT2D eigenvalue weighted by molar-refractivity contribution is 9.10. The molecular formula is C19H15BrN4OS. The second-order valence-electron chi connectivity index (χ2n) is 5.73. The van der Waals surface area contributed by atoms with E-state index in [1.165, 1.54) is 11.8 Å². The molecular weight excluding hydrogens is 412 g/mol. The number of carbonyl (C=O) groups is 1. The SMILES string of the molecule is CSC1=NN2C(=c3cc(Br)ccc3=NC2/C=C/c2ccccc2)C(=O)N1. The van der Waals surface area contributed by atoms with Crippen molar-refractivity contribution in [3.05, 3.63) is 75.2 Å². The lowest BCUT2D eigenvalue weighted by molar-refractivity contribution is -0.116. The van der Waals surface area contributed by atoms with E-state index in [-0.39, 0.29) is 12.1 Å². The van der Waals surface area contributed by atoms with Gasteiger partial charge in [-0.25, -0.2) is 5.01 Å². The summed E-state index contributed by atoms with van der Waals surface area (Å²) in [5.41, 5.74) is 1.58. The molecule has 1 amide bonds. The molecule has 1 N–H and O–H groups in total. The van der Waals surface area contributed by atoms with Crippen LogP contribution >= 0.6 is 27.7 Å². The summed E-state index contributed by atoms with van der Waals surface area (Å²) in [6.45, 7) is 0. The van der Waals surface area contributed by atoms with E-state index in [1.54, 1.807) is 5.01 Å². The molecule has 4 rings (SSSR count). The number of fused-ring (bicyclic) bond motifs is 2. The average molecular weight is 427 g/mol. The molecule has 0 spiro atoms. The predicted molar refractivity (Wildman–Crippen MR) is 109 cm³/mol. The van der Waals surface area contributed by atoms with E-state index in [0.717, 1.165) is 20.6 Å². The maximum Gasteiger partial charge on any atom is 0.276 e. The number of hydrogen-bond acceptors (Lipinski definition) is 5. The van der Waals surface area contributed by atoms with E-state index >= 15 is 0 Å². The topological polar surface area (TPSA) is 57.1 Å². The lowest BCUT2D eigenvalue weighted by atomic mass is 10.1. The molecule has 1 atom stereocenters. The van der Waals surface area contributed by atoms with Crippen LogP contribution in [0.5, 0.6) is 0 Å². The van der Waals surface area contributed by atoms with Crippen molar-refractivity contribution in [2.75, 3.05) is 6.26 Å². The highest BCUT2D eigenvalue weighted by Gasteiger charge is 2.32. The average Bonchev–Trinajstić information content (AvgIpc) is 2.66. The van der Waals surface area contributed by atoms with Gasteiger partial charge < -0.3 is 0 Å². The zero-order valence-corrected chi connectivity index (χ0v) is 16.3. The number of thioether (sulfide) groups is 1. The number of amidine groups is 1. The van der Waals surface area contributed by atoms with E-state index in [4.69, 9.17) is 4.99 Å². The molecule has 0 bridgehead atoms. The highest BCUT2D eigenvalue weighted by atomic mass is 79.9. The van der Waals surface area contributed by atoms with Gasteiger partial charge in [0.05, 0.1) is 5.36 Å². The van der Waals surface area contributed by atoms with Crippen molar-refractivity contribution in [1.82, 2.24) is 10.3 Å². The van der Waals surface area contributed by atoms with Gasteiger partial charge in [-0.3, -0.25) is 15.1 Å². The fourth-order valence-electron chi connectivity index (χ4n) is 2.86. The third-order valence-electron chi connectivity index (χ3n) is 4.05. The van der Waals surface area contributed by atoms with Crippen LogP contribution in [0, 0.1) is 0 Å². The van der Waals surface area contributed by atoms with Crippen molar-refractivity contribution in [1.29, 1.82) is 0 Å². The molecule has 0 saturated carbocycles. The number of hydrogen-bond donors (Lipinski definition) is 1. The molecule has 0 fully saturated rings. The molecule has 5 nitrogen and oxygen atoms in total. The molecule has 130 valence electrons. The van der Waals surface area contributed by atoms with Crippen molar-refractivity contribution in [2.45, 2.75) is 6.17 Å². The van der Waals surface area contributed by atoms with Gasteiger partial charge in [-0.2, -0.15) is 0 Å². The minimum Gasteiger partial charge on any atom is -0.298 e. The van der Waals surface area contributed by atoms with Gasteiger partial charge in [0.25, 0.3) is 5.91 Å². The summed E-state index contributed by atoms with van der Waals surface area (Å²) in [5.74, 6) is -0.170. The molecule has 2 heterocycles. The molecule has 2 aliphatic rings. The number of halogens is 1. The number of rotatable bonds is 2. The van der Waals surface area contributed by atoms with Crippen LogP contribution in [-0.4, -0.2) is 28.5 Å². The Kier molecular flexibility index (Phi) is 4.65. The zero-order valence-electron chi connectivity index (χ0n) is 13.9.